The zero-order valence-corrected chi connectivity index (χ0v) is 22.1. The molecule has 2 aromatic rings. The first-order valence-electron chi connectivity index (χ1n) is 13.7. The Hall–Kier alpha value is -2.93. The number of carbonyl (C=O) groups excluding carboxylic acids is 2. The van der Waals surface area contributed by atoms with Gasteiger partial charge in [-0.2, -0.15) is 0 Å². The van der Waals surface area contributed by atoms with Crippen LogP contribution in [-0.2, 0) is 4.79 Å². The highest BCUT2D eigenvalue weighted by atomic mass is 19.1. The van der Waals surface area contributed by atoms with E-state index in [0.717, 1.165) is 49.2 Å². The number of amides is 2. The average Bonchev–Trinajstić information content (AvgIpc) is 3.43. The molecule has 2 aliphatic heterocycles. The highest BCUT2D eigenvalue weighted by molar-refractivity contribution is 6.03. The van der Waals surface area contributed by atoms with Gasteiger partial charge < -0.3 is 20.3 Å². The molecule has 0 unspecified atom stereocenters. The van der Waals surface area contributed by atoms with Crippen molar-refractivity contribution in [3.8, 4) is 16.9 Å². The fraction of sp³-hybridized carbons (Fsp3) is 0.533. The summed E-state index contributed by atoms with van der Waals surface area (Å²) in [5.74, 6) is 0.646. The zero-order valence-electron chi connectivity index (χ0n) is 22.1. The van der Waals surface area contributed by atoms with Crippen molar-refractivity contribution in [3.05, 3.63) is 54.1 Å². The highest BCUT2D eigenvalue weighted by Crippen LogP contribution is 2.30. The maximum Gasteiger partial charge on any atom is 0.255 e. The van der Waals surface area contributed by atoms with Crippen molar-refractivity contribution in [3.63, 3.8) is 0 Å². The number of benzene rings is 2. The van der Waals surface area contributed by atoms with E-state index in [1.54, 1.807) is 11.0 Å². The minimum absolute atomic E-state index is 0.161. The minimum Gasteiger partial charge on any atom is -0.493 e. The van der Waals surface area contributed by atoms with Crippen molar-refractivity contribution >= 4 is 11.8 Å². The summed E-state index contributed by atoms with van der Waals surface area (Å²) in [5, 5.41) is 0. The quantitative estimate of drug-likeness (QED) is 0.486. The second-order valence-electron chi connectivity index (χ2n) is 10.5. The van der Waals surface area contributed by atoms with Gasteiger partial charge in [-0.25, -0.2) is 4.39 Å². The first-order valence-corrected chi connectivity index (χ1v) is 13.7. The van der Waals surface area contributed by atoms with Gasteiger partial charge in [-0.15, -0.1) is 0 Å². The van der Waals surface area contributed by atoms with Gasteiger partial charge in [0, 0.05) is 18.7 Å². The summed E-state index contributed by atoms with van der Waals surface area (Å²) in [6.07, 6.45) is 4.55. The summed E-state index contributed by atoms with van der Waals surface area (Å²) in [5.41, 5.74) is 6.76. The van der Waals surface area contributed by atoms with Crippen LogP contribution in [0.1, 0.15) is 62.7 Å². The molecular formula is C30H40FN3O3. The zero-order chi connectivity index (χ0) is 26.4. The third kappa shape index (κ3) is 6.50. The van der Waals surface area contributed by atoms with Crippen LogP contribution in [0.15, 0.2) is 48.5 Å². The molecule has 0 aliphatic carbocycles. The Bertz CT molecular complexity index is 1060. The fourth-order valence-electron chi connectivity index (χ4n) is 5.51. The number of hydrogen-bond acceptors (Lipinski definition) is 4. The second-order valence-corrected chi connectivity index (χ2v) is 10.5. The molecule has 37 heavy (non-hydrogen) atoms. The number of piperidine rings is 1. The Labute approximate surface area is 220 Å². The molecule has 200 valence electrons. The topological polar surface area (TPSA) is 75.9 Å². The van der Waals surface area contributed by atoms with Crippen molar-refractivity contribution < 1.29 is 18.7 Å². The molecule has 2 heterocycles. The number of nitrogens with two attached hydrogens (primary N) is 1. The third-order valence-electron chi connectivity index (χ3n) is 8.13. The lowest BCUT2D eigenvalue weighted by Gasteiger charge is -2.36. The van der Waals surface area contributed by atoms with Gasteiger partial charge in [0.2, 0.25) is 5.91 Å². The number of likely N-dealkylation sites (tertiary alicyclic amines) is 2. The molecule has 0 bridgehead atoms. The molecule has 7 heteroatoms. The summed E-state index contributed by atoms with van der Waals surface area (Å²) < 4.78 is 20.8. The number of halogens is 1. The minimum atomic E-state index is -1.08. The monoisotopic (exact) mass is 509 g/mol. The van der Waals surface area contributed by atoms with Gasteiger partial charge >= 0.3 is 0 Å². The summed E-state index contributed by atoms with van der Waals surface area (Å²) in [7, 11) is 0. The molecule has 0 aromatic heterocycles. The van der Waals surface area contributed by atoms with E-state index in [0.29, 0.717) is 50.4 Å². The lowest BCUT2D eigenvalue weighted by Crippen LogP contribution is -2.44. The number of alkyl halides is 1. The predicted molar refractivity (Wildman–Crippen MR) is 144 cm³/mol. The number of nitrogens with zero attached hydrogens (tertiary/aromatic N) is 2. The average molecular weight is 510 g/mol. The van der Waals surface area contributed by atoms with Gasteiger partial charge in [0.25, 0.3) is 5.91 Å². The first kappa shape index (κ1) is 27.1. The van der Waals surface area contributed by atoms with Crippen LogP contribution in [-0.4, -0.2) is 66.1 Å². The van der Waals surface area contributed by atoms with Gasteiger partial charge in [0.1, 0.15) is 17.5 Å². The van der Waals surface area contributed by atoms with Crippen LogP contribution >= 0.6 is 0 Å². The van der Waals surface area contributed by atoms with Gasteiger partial charge in [0.05, 0.1) is 6.61 Å². The van der Waals surface area contributed by atoms with E-state index >= 15 is 0 Å². The molecule has 2 fully saturated rings. The van der Waals surface area contributed by atoms with E-state index in [1.807, 2.05) is 56.3 Å². The molecule has 1 atom stereocenters. The van der Waals surface area contributed by atoms with E-state index in [9.17, 15) is 14.0 Å². The number of primary amides is 1. The van der Waals surface area contributed by atoms with E-state index in [4.69, 9.17) is 10.5 Å². The van der Waals surface area contributed by atoms with Gasteiger partial charge in [-0.3, -0.25) is 9.59 Å². The maximum absolute atomic E-state index is 14.7. The van der Waals surface area contributed by atoms with Crippen LogP contribution in [0, 0.1) is 5.92 Å². The molecule has 4 rings (SSSR count). The van der Waals surface area contributed by atoms with Gasteiger partial charge in [0.15, 0.2) is 0 Å². The number of rotatable bonds is 10. The molecule has 6 nitrogen and oxygen atoms in total. The molecule has 0 saturated carbocycles. The Morgan fingerprint density at radius 1 is 1.00 bits per heavy atom. The summed E-state index contributed by atoms with van der Waals surface area (Å²) in [4.78, 5) is 29.0. The molecule has 0 spiro atoms. The van der Waals surface area contributed by atoms with Gasteiger partial charge in [-0.05, 0) is 86.9 Å². The predicted octanol–water partition coefficient (Wildman–Crippen LogP) is 5.06. The van der Waals surface area contributed by atoms with Crippen molar-refractivity contribution in [2.75, 3.05) is 32.8 Å². The molecule has 2 N–H and O–H groups in total. The van der Waals surface area contributed by atoms with Crippen LogP contribution in [0.25, 0.3) is 11.1 Å². The Balaban J connectivity index is 1.34. The summed E-state index contributed by atoms with van der Waals surface area (Å²) in [6.45, 7) is 7.40. The van der Waals surface area contributed by atoms with Crippen LogP contribution in [0.3, 0.4) is 0 Å². The van der Waals surface area contributed by atoms with E-state index in [2.05, 4.69) is 4.90 Å². The lowest BCUT2D eigenvalue weighted by atomic mass is 9.94. The standard InChI is InChI=1S/C30H40FN3O3/c1-3-30(31,4-2)21-33-18-15-22(16-19-33)20-37-24-13-11-23(12-14-24)25-8-5-6-9-26(25)29(36)34-17-7-10-27(34)28(32)35/h5-6,8-9,11-14,22,27H,3-4,7,10,15-21H2,1-2H3,(H2,32,35)/t27-/m0/s1. The first-order chi connectivity index (χ1) is 17.8. The lowest BCUT2D eigenvalue weighted by molar-refractivity contribution is -0.121. The SMILES string of the molecule is CCC(F)(CC)CN1CCC(COc2ccc(-c3ccccc3C(=O)N3CCC[C@H]3C(N)=O)cc2)CC1. The third-order valence-corrected chi connectivity index (χ3v) is 8.13. The Morgan fingerprint density at radius 2 is 1.68 bits per heavy atom. The maximum atomic E-state index is 14.7. The summed E-state index contributed by atoms with van der Waals surface area (Å²) >= 11 is 0. The van der Waals surface area contributed by atoms with E-state index in [-0.39, 0.29) is 5.91 Å². The Kier molecular flexibility index (Phi) is 8.85. The molecule has 2 aromatic carbocycles. The van der Waals surface area contributed by atoms with Crippen molar-refractivity contribution in [2.24, 2.45) is 11.7 Å². The molecular weight excluding hydrogens is 469 g/mol. The van der Waals surface area contributed by atoms with E-state index in [1.165, 1.54) is 0 Å². The smallest absolute Gasteiger partial charge is 0.255 e. The molecule has 2 amide bonds. The number of hydrogen-bond donors (Lipinski definition) is 1. The second kappa shape index (κ2) is 12.1. The largest absolute Gasteiger partial charge is 0.493 e. The summed E-state index contributed by atoms with van der Waals surface area (Å²) in [6, 6.07) is 14.8. The van der Waals surface area contributed by atoms with Crippen LogP contribution in [0.4, 0.5) is 4.39 Å². The van der Waals surface area contributed by atoms with Crippen LogP contribution < -0.4 is 10.5 Å². The Morgan fingerprint density at radius 3 is 2.32 bits per heavy atom. The fourth-order valence-corrected chi connectivity index (χ4v) is 5.51. The van der Waals surface area contributed by atoms with Crippen LogP contribution in [0.5, 0.6) is 5.75 Å². The normalized spacial score (nSPS) is 19.2. The number of ether oxygens (including phenoxy) is 1. The van der Waals surface area contributed by atoms with Crippen molar-refractivity contribution in [1.29, 1.82) is 0 Å². The molecule has 0 radical (unpaired) electrons. The highest BCUT2D eigenvalue weighted by Gasteiger charge is 2.34. The number of carbonyl (C=O) groups is 2. The van der Waals surface area contributed by atoms with E-state index < -0.39 is 17.6 Å². The van der Waals surface area contributed by atoms with Crippen molar-refractivity contribution in [2.45, 2.75) is 64.1 Å². The molecule has 2 aliphatic rings. The van der Waals surface area contributed by atoms with Crippen LogP contribution in [0.2, 0.25) is 0 Å². The van der Waals surface area contributed by atoms with Gasteiger partial charge in [-0.1, -0.05) is 44.2 Å². The molecule has 2 saturated heterocycles. The van der Waals surface area contributed by atoms with Crippen molar-refractivity contribution in [1.82, 2.24) is 9.80 Å².